The zero-order valence-corrected chi connectivity index (χ0v) is 18.3. The fourth-order valence-electron chi connectivity index (χ4n) is 3.86. The van der Waals surface area contributed by atoms with Gasteiger partial charge in [0.2, 0.25) is 0 Å². The molecule has 0 radical (unpaired) electrons. The molecule has 0 amide bonds. The summed E-state index contributed by atoms with van der Waals surface area (Å²) in [4.78, 5) is 4.67. The average Bonchev–Trinajstić information content (AvgIpc) is 3.38. The highest BCUT2D eigenvalue weighted by Gasteiger charge is 2.03. The zero-order chi connectivity index (χ0) is 22.3. The van der Waals surface area contributed by atoms with E-state index < -0.39 is 0 Å². The molecule has 0 spiro atoms. The van der Waals surface area contributed by atoms with Crippen LogP contribution in [0.4, 0.5) is 0 Å². The van der Waals surface area contributed by atoms with Gasteiger partial charge in [0.05, 0.1) is 11.2 Å². The van der Waals surface area contributed by atoms with Crippen LogP contribution >= 0.6 is 0 Å². The van der Waals surface area contributed by atoms with Crippen molar-refractivity contribution in [1.82, 2.24) is 25.6 Å². The number of nitrogens with zero attached hydrogens (tertiary/aromatic N) is 4. The van der Waals surface area contributed by atoms with Crippen LogP contribution < -0.4 is 4.74 Å². The molecule has 0 aliphatic carbocycles. The molecule has 5 aromatic rings. The molecule has 0 bridgehead atoms. The minimum atomic E-state index is 0.465. The Morgan fingerprint density at radius 3 is 2.21 bits per heavy atom. The van der Waals surface area contributed by atoms with Crippen LogP contribution in [0.5, 0.6) is 5.75 Å². The number of nitrogens with one attached hydrogen (secondary N) is 1. The van der Waals surface area contributed by atoms with Crippen molar-refractivity contribution < 1.29 is 4.74 Å². The highest BCUT2D eigenvalue weighted by molar-refractivity contribution is 5.78. The van der Waals surface area contributed by atoms with E-state index in [4.69, 9.17) is 4.74 Å². The van der Waals surface area contributed by atoms with Crippen LogP contribution in [0.15, 0.2) is 84.9 Å². The third-order valence-corrected chi connectivity index (χ3v) is 5.67. The van der Waals surface area contributed by atoms with E-state index in [0.29, 0.717) is 18.9 Å². The molecular formula is C27H25N5O. The van der Waals surface area contributed by atoms with Gasteiger partial charge in [-0.25, -0.2) is 4.98 Å². The lowest BCUT2D eigenvalue weighted by atomic mass is 10.0. The summed E-state index contributed by atoms with van der Waals surface area (Å²) in [5.41, 5.74) is 5.78. The zero-order valence-electron chi connectivity index (χ0n) is 18.3. The number of rotatable bonds is 9. The maximum absolute atomic E-state index is 5.94. The first-order valence-electron chi connectivity index (χ1n) is 11.2. The largest absolute Gasteiger partial charge is 0.487 e. The summed E-state index contributed by atoms with van der Waals surface area (Å²) in [6, 6.07) is 29.3. The highest BCUT2D eigenvalue weighted by Crippen LogP contribution is 2.18. The number of aryl methyl sites for hydroxylation is 2. The van der Waals surface area contributed by atoms with E-state index in [9.17, 15) is 0 Å². The third kappa shape index (κ3) is 5.60. The Balaban J connectivity index is 1.08. The van der Waals surface area contributed by atoms with E-state index in [-0.39, 0.29) is 0 Å². The van der Waals surface area contributed by atoms with Crippen molar-refractivity contribution in [2.24, 2.45) is 0 Å². The minimum absolute atomic E-state index is 0.465. The molecule has 6 nitrogen and oxygen atoms in total. The molecule has 0 saturated heterocycles. The van der Waals surface area contributed by atoms with Crippen LogP contribution in [0.3, 0.4) is 0 Å². The van der Waals surface area contributed by atoms with Crippen LogP contribution in [0.25, 0.3) is 10.9 Å². The van der Waals surface area contributed by atoms with Gasteiger partial charge in [-0.1, -0.05) is 65.9 Å². The monoisotopic (exact) mass is 435 g/mol. The van der Waals surface area contributed by atoms with Gasteiger partial charge in [0.15, 0.2) is 5.82 Å². The molecule has 0 fully saturated rings. The van der Waals surface area contributed by atoms with E-state index in [1.807, 2.05) is 36.4 Å². The molecule has 0 saturated carbocycles. The number of aromatic nitrogens is 5. The Morgan fingerprint density at radius 2 is 1.45 bits per heavy atom. The lowest BCUT2D eigenvalue weighted by molar-refractivity contribution is 0.301. The topological polar surface area (TPSA) is 76.6 Å². The Kier molecular flexibility index (Phi) is 6.33. The first-order chi connectivity index (χ1) is 16.3. The summed E-state index contributed by atoms with van der Waals surface area (Å²) >= 11 is 0. The van der Waals surface area contributed by atoms with Crippen molar-refractivity contribution in [3.8, 4) is 5.75 Å². The lowest BCUT2D eigenvalue weighted by Crippen LogP contribution is -1.98. The van der Waals surface area contributed by atoms with Crippen LogP contribution in [0.1, 0.15) is 34.6 Å². The predicted octanol–water partition coefficient (Wildman–Crippen LogP) is 5.09. The molecule has 0 aliphatic heterocycles. The summed E-state index contributed by atoms with van der Waals surface area (Å²) in [5, 5.41) is 15.2. The average molecular weight is 436 g/mol. The predicted molar refractivity (Wildman–Crippen MR) is 128 cm³/mol. The number of para-hydroxylation sites is 1. The van der Waals surface area contributed by atoms with E-state index in [1.165, 1.54) is 16.7 Å². The van der Waals surface area contributed by atoms with Gasteiger partial charge in [-0.3, -0.25) is 0 Å². The third-order valence-electron chi connectivity index (χ3n) is 5.67. The molecule has 3 aromatic carbocycles. The van der Waals surface area contributed by atoms with Gasteiger partial charge in [0, 0.05) is 11.8 Å². The first kappa shape index (κ1) is 20.8. The van der Waals surface area contributed by atoms with Gasteiger partial charge in [0.25, 0.3) is 0 Å². The number of tetrazole rings is 1. The molecular weight excluding hydrogens is 410 g/mol. The summed E-state index contributed by atoms with van der Waals surface area (Å²) in [6.45, 7) is 0.465. The number of hydrogen-bond donors (Lipinski definition) is 1. The number of benzene rings is 3. The maximum Gasteiger partial charge on any atom is 0.178 e. The van der Waals surface area contributed by atoms with Crippen molar-refractivity contribution in [2.75, 3.05) is 0 Å². The Hall–Kier alpha value is -4.06. The van der Waals surface area contributed by atoms with Gasteiger partial charge in [-0.2, -0.15) is 5.21 Å². The summed E-state index contributed by atoms with van der Waals surface area (Å²) in [5.74, 6) is 1.58. The fourth-order valence-corrected chi connectivity index (χ4v) is 3.86. The molecule has 0 atom stereocenters. The smallest absolute Gasteiger partial charge is 0.178 e. The van der Waals surface area contributed by atoms with Gasteiger partial charge < -0.3 is 4.74 Å². The second kappa shape index (κ2) is 10.0. The van der Waals surface area contributed by atoms with Gasteiger partial charge >= 0.3 is 0 Å². The van der Waals surface area contributed by atoms with Crippen LogP contribution in [0, 0.1) is 0 Å². The van der Waals surface area contributed by atoms with Crippen LogP contribution in [-0.4, -0.2) is 25.6 Å². The number of fused-ring (bicyclic) bond motifs is 1. The normalized spacial score (nSPS) is 11.0. The van der Waals surface area contributed by atoms with E-state index in [0.717, 1.165) is 41.6 Å². The second-order valence-electron chi connectivity index (χ2n) is 8.10. The van der Waals surface area contributed by atoms with Crippen molar-refractivity contribution in [3.05, 3.63) is 113 Å². The molecule has 2 heterocycles. The maximum atomic E-state index is 5.94. The molecule has 6 heteroatoms. The van der Waals surface area contributed by atoms with Gasteiger partial charge in [-0.05, 0) is 60.2 Å². The number of pyridine rings is 1. The van der Waals surface area contributed by atoms with Gasteiger partial charge in [-0.15, -0.1) is 10.2 Å². The molecule has 0 unspecified atom stereocenters. The highest BCUT2D eigenvalue weighted by atomic mass is 16.5. The molecule has 33 heavy (non-hydrogen) atoms. The lowest BCUT2D eigenvalue weighted by Gasteiger charge is -2.08. The fraction of sp³-hybridized carbons (Fsp3) is 0.185. The molecule has 0 aliphatic rings. The van der Waals surface area contributed by atoms with Crippen molar-refractivity contribution in [3.63, 3.8) is 0 Å². The Bertz CT molecular complexity index is 1300. The molecule has 2 aromatic heterocycles. The van der Waals surface area contributed by atoms with Crippen molar-refractivity contribution in [1.29, 1.82) is 0 Å². The van der Waals surface area contributed by atoms with Crippen molar-refractivity contribution >= 4 is 10.9 Å². The second-order valence-corrected chi connectivity index (χ2v) is 8.10. The summed E-state index contributed by atoms with van der Waals surface area (Å²) in [6.07, 6.45) is 3.89. The van der Waals surface area contributed by atoms with Gasteiger partial charge in [0.1, 0.15) is 12.4 Å². The van der Waals surface area contributed by atoms with Crippen LogP contribution in [0.2, 0.25) is 0 Å². The van der Waals surface area contributed by atoms with E-state index >= 15 is 0 Å². The molecule has 5 rings (SSSR count). The van der Waals surface area contributed by atoms with E-state index in [2.05, 4.69) is 74.1 Å². The standard InChI is InChI=1S/C27H25N5O/c1-2-7-26-23(6-1)14-15-24(28-26)19-33-25-16-12-21(13-17-25)5-3-4-20-8-10-22(11-9-20)18-27-29-31-32-30-27/h1-2,6-17H,3-5,18-19H2,(H,29,30,31,32). The Morgan fingerprint density at radius 1 is 0.727 bits per heavy atom. The van der Waals surface area contributed by atoms with Crippen LogP contribution in [-0.2, 0) is 25.9 Å². The number of aromatic amines is 1. The SMILES string of the molecule is c1ccc2nc(COc3ccc(CCCc4ccc(Cc5nn[nH]n5)cc4)cc3)ccc2c1. The quantitative estimate of drug-likeness (QED) is 0.349. The Labute approximate surface area is 192 Å². The molecule has 164 valence electrons. The minimum Gasteiger partial charge on any atom is -0.487 e. The summed E-state index contributed by atoms with van der Waals surface area (Å²) in [7, 11) is 0. The van der Waals surface area contributed by atoms with Crippen molar-refractivity contribution in [2.45, 2.75) is 32.3 Å². The number of ether oxygens (including phenoxy) is 1. The van der Waals surface area contributed by atoms with E-state index in [1.54, 1.807) is 0 Å². The first-order valence-corrected chi connectivity index (χ1v) is 11.2. The summed E-state index contributed by atoms with van der Waals surface area (Å²) < 4.78 is 5.94. The number of hydrogen-bond acceptors (Lipinski definition) is 5. The molecule has 1 N–H and O–H groups in total. The number of H-pyrrole nitrogens is 1.